The molecule has 86 valence electrons. The van der Waals surface area contributed by atoms with Crippen molar-refractivity contribution in [1.82, 2.24) is 0 Å². The molecule has 0 fully saturated rings. The lowest BCUT2D eigenvalue weighted by atomic mass is 9.77. The van der Waals surface area contributed by atoms with Crippen LogP contribution in [0.15, 0.2) is 24.3 Å². The van der Waals surface area contributed by atoms with Crippen LogP contribution in [0.25, 0.3) is 0 Å². The quantitative estimate of drug-likeness (QED) is 0.802. The molecule has 0 amide bonds. The first-order chi connectivity index (χ1) is 6.76. The number of hydrogen-bond acceptors (Lipinski definition) is 2. The van der Waals surface area contributed by atoms with Gasteiger partial charge in [0, 0.05) is 5.41 Å². The summed E-state index contributed by atoms with van der Waals surface area (Å²) in [5.41, 5.74) is -0.378. The SMILES string of the molecule is CC(C)CC1(C)C=CC=CC1S(N)(=O)=O. The first kappa shape index (κ1) is 12.5. The Hall–Kier alpha value is -0.610. The van der Waals surface area contributed by atoms with Crippen LogP contribution in [0.1, 0.15) is 27.2 Å². The summed E-state index contributed by atoms with van der Waals surface area (Å²) in [7, 11) is -3.52. The summed E-state index contributed by atoms with van der Waals surface area (Å²) in [5.74, 6) is 0.440. The first-order valence-electron chi connectivity index (χ1n) is 5.13. The predicted molar refractivity (Wildman–Crippen MR) is 62.7 cm³/mol. The van der Waals surface area contributed by atoms with Crippen LogP contribution in [0.5, 0.6) is 0 Å². The van der Waals surface area contributed by atoms with Gasteiger partial charge in [-0.3, -0.25) is 0 Å². The summed E-state index contributed by atoms with van der Waals surface area (Å²) >= 11 is 0. The monoisotopic (exact) mass is 229 g/mol. The molecule has 0 aliphatic heterocycles. The molecule has 0 spiro atoms. The Kier molecular flexibility index (Phi) is 3.41. The molecule has 15 heavy (non-hydrogen) atoms. The highest BCUT2D eigenvalue weighted by Crippen LogP contribution is 2.37. The summed E-state index contributed by atoms with van der Waals surface area (Å²) in [6.07, 6.45) is 8.08. The number of nitrogens with two attached hydrogens (primary N) is 1. The lowest BCUT2D eigenvalue weighted by molar-refractivity contribution is 0.334. The van der Waals surface area contributed by atoms with Crippen molar-refractivity contribution >= 4 is 10.0 Å². The van der Waals surface area contributed by atoms with Gasteiger partial charge in [-0.1, -0.05) is 45.1 Å². The second kappa shape index (κ2) is 4.10. The maximum Gasteiger partial charge on any atom is 0.216 e. The Morgan fingerprint density at radius 2 is 2.00 bits per heavy atom. The van der Waals surface area contributed by atoms with Gasteiger partial charge in [0.2, 0.25) is 10.0 Å². The molecule has 2 atom stereocenters. The van der Waals surface area contributed by atoms with E-state index in [0.717, 1.165) is 6.42 Å². The van der Waals surface area contributed by atoms with Crippen molar-refractivity contribution in [1.29, 1.82) is 0 Å². The summed E-state index contributed by atoms with van der Waals surface area (Å²) in [5, 5.41) is 4.65. The molecule has 0 saturated carbocycles. The Labute approximate surface area is 92.1 Å². The molecule has 1 aliphatic carbocycles. The minimum Gasteiger partial charge on any atom is -0.228 e. The molecule has 2 N–H and O–H groups in total. The molecule has 4 heteroatoms. The number of sulfonamides is 1. The molecule has 0 radical (unpaired) electrons. The average Bonchev–Trinajstić information content (AvgIpc) is 1.99. The molecule has 0 aromatic heterocycles. The van der Waals surface area contributed by atoms with E-state index in [1.807, 2.05) is 19.1 Å². The third kappa shape index (κ3) is 2.92. The van der Waals surface area contributed by atoms with Crippen molar-refractivity contribution in [2.45, 2.75) is 32.4 Å². The topological polar surface area (TPSA) is 60.2 Å². The number of rotatable bonds is 3. The van der Waals surface area contributed by atoms with E-state index in [0.29, 0.717) is 5.92 Å². The smallest absolute Gasteiger partial charge is 0.216 e. The fourth-order valence-electron chi connectivity index (χ4n) is 2.30. The maximum atomic E-state index is 11.5. The van der Waals surface area contributed by atoms with Crippen LogP contribution in [0, 0.1) is 11.3 Å². The molecule has 3 nitrogen and oxygen atoms in total. The van der Waals surface area contributed by atoms with Gasteiger partial charge in [0.1, 0.15) is 5.25 Å². The van der Waals surface area contributed by atoms with Crippen molar-refractivity contribution < 1.29 is 8.42 Å². The highest BCUT2D eigenvalue weighted by Gasteiger charge is 2.38. The second-order valence-corrected chi connectivity index (χ2v) is 6.54. The summed E-state index contributed by atoms with van der Waals surface area (Å²) < 4.78 is 23.0. The molecule has 1 rings (SSSR count). The van der Waals surface area contributed by atoms with Crippen LogP contribution in [-0.2, 0) is 10.0 Å². The van der Waals surface area contributed by atoms with Crippen LogP contribution < -0.4 is 5.14 Å². The summed E-state index contributed by atoms with van der Waals surface area (Å²) in [6, 6.07) is 0. The van der Waals surface area contributed by atoms with Gasteiger partial charge in [0.15, 0.2) is 0 Å². The third-order valence-corrected chi connectivity index (χ3v) is 4.13. The number of hydrogen-bond donors (Lipinski definition) is 1. The summed E-state index contributed by atoms with van der Waals surface area (Å²) in [6.45, 7) is 6.11. The van der Waals surface area contributed by atoms with Crippen molar-refractivity contribution in [3.63, 3.8) is 0 Å². The van der Waals surface area contributed by atoms with Gasteiger partial charge in [-0.05, 0) is 12.3 Å². The van der Waals surface area contributed by atoms with E-state index in [2.05, 4.69) is 13.8 Å². The standard InChI is InChI=1S/C11H19NO2S/c1-9(2)8-11(3)7-5-4-6-10(11)15(12,13)14/h4-7,9-10H,8H2,1-3H3,(H2,12,13,14). The van der Waals surface area contributed by atoms with Crippen molar-refractivity contribution in [3.05, 3.63) is 24.3 Å². The minimum atomic E-state index is -3.52. The van der Waals surface area contributed by atoms with Crippen molar-refractivity contribution in [2.24, 2.45) is 16.5 Å². The zero-order valence-corrected chi connectivity index (χ0v) is 10.3. The maximum absolute atomic E-state index is 11.5. The average molecular weight is 229 g/mol. The minimum absolute atomic E-state index is 0.378. The normalized spacial score (nSPS) is 31.1. The fourth-order valence-corrected chi connectivity index (χ4v) is 3.54. The van der Waals surface area contributed by atoms with E-state index in [1.165, 1.54) is 0 Å². The lowest BCUT2D eigenvalue weighted by Crippen LogP contribution is -2.41. The molecular formula is C11H19NO2S. The number of allylic oxidation sites excluding steroid dienone is 3. The predicted octanol–water partition coefficient (Wildman–Crippen LogP) is 1.82. The Balaban J connectivity index is 3.04. The van der Waals surface area contributed by atoms with Crippen LogP contribution in [0.4, 0.5) is 0 Å². The van der Waals surface area contributed by atoms with Crippen molar-refractivity contribution in [3.8, 4) is 0 Å². The highest BCUT2D eigenvalue weighted by molar-refractivity contribution is 7.90. The summed E-state index contributed by atoms with van der Waals surface area (Å²) in [4.78, 5) is 0. The zero-order valence-electron chi connectivity index (χ0n) is 9.47. The van der Waals surface area contributed by atoms with Gasteiger partial charge in [-0.15, -0.1) is 0 Å². The van der Waals surface area contributed by atoms with E-state index in [-0.39, 0.29) is 5.41 Å². The van der Waals surface area contributed by atoms with Crippen LogP contribution in [-0.4, -0.2) is 13.7 Å². The van der Waals surface area contributed by atoms with Gasteiger partial charge in [0.05, 0.1) is 0 Å². The van der Waals surface area contributed by atoms with Gasteiger partial charge in [-0.25, -0.2) is 13.6 Å². The van der Waals surface area contributed by atoms with E-state index < -0.39 is 15.3 Å². The first-order valence-corrected chi connectivity index (χ1v) is 6.74. The molecule has 0 aromatic rings. The Morgan fingerprint density at radius 3 is 2.47 bits per heavy atom. The highest BCUT2D eigenvalue weighted by atomic mass is 32.2. The lowest BCUT2D eigenvalue weighted by Gasteiger charge is -2.35. The fraction of sp³-hybridized carbons (Fsp3) is 0.636. The van der Waals surface area contributed by atoms with Gasteiger partial charge >= 0.3 is 0 Å². The molecule has 0 bridgehead atoms. The van der Waals surface area contributed by atoms with Crippen LogP contribution in [0.3, 0.4) is 0 Å². The zero-order chi connectivity index (χ0) is 11.7. The van der Waals surface area contributed by atoms with E-state index in [4.69, 9.17) is 5.14 Å². The van der Waals surface area contributed by atoms with E-state index in [1.54, 1.807) is 12.2 Å². The molecule has 0 saturated heterocycles. The largest absolute Gasteiger partial charge is 0.228 e. The molecule has 0 aromatic carbocycles. The van der Waals surface area contributed by atoms with Gasteiger partial charge in [0.25, 0.3) is 0 Å². The van der Waals surface area contributed by atoms with E-state index in [9.17, 15) is 8.42 Å². The number of primary sulfonamides is 1. The second-order valence-electron chi connectivity index (χ2n) is 4.86. The van der Waals surface area contributed by atoms with Crippen LogP contribution >= 0.6 is 0 Å². The van der Waals surface area contributed by atoms with Gasteiger partial charge < -0.3 is 0 Å². The van der Waals surface area contributed by atoms with Crippen molar-refractivity contribution in [2.75, 3.05) is 0 Å². The van der Waals surface area contributed by atoms with Gasteiger partial charge in [-0.2, -0.15) is 0 Å². The Bertz CT molecular complexity index is 381. The molecule has 2 unspecified atom stereocenters. The van der Waals surface area contributed by atoms with E-state index >= 15 is 0 Å². The molecule has 1 aliphatic rings. The Morgan fingerprint density at radius 1 is 1.40 bits per heavy atom. The molecule has 0 heterocycles. The molecular weight excluding hydrogens is 210 g/mol. The van der Waals surface area contributed by atoms with Crippen LogP contribution in [0.2, 0.25) is 0 Å². The third-order valence-electron chi connectivity index (χ3n) is 2.73.